The Morgan fingerprint density at radius 3 is 2.46 bits per heavy atom. The summed E-state index contributed by atoms with van der Waals surface area (Å²) in [6.45, 7) is 12.8. The average molecular weight is 495 g/mol. The Kier molecular flexibility index (Phi) is 9.84. The molecule has 28 heavy (non-hydrogen) atoms. The molecule has 0 unspecified atom stereocenters. The third kappa shape index (κ3) is 6.81. The number of guanidine groups is 1. The fraction of sp³-hybridized carbons (Fsp3) is 0.500. The molecule has 3 rings (SSSR count). The van der Waals surface area contributed by atoms with E-state index in [0.717, 1.165) is 58.1 Å². The van der Waals surface area contributed by atoms with Crippen molar-refractivity contribution in [2.75, 3.05) is 44.2 Å². The Morgan fingerprint density at radius 1 is 1.18 bits per heavy atom. The maximum Gasteiger partial charge on any atom is 0.191 e. The number of piperidine rings is 1. The lowest BCUT2D eigenvalue weighted by Crippen LogP contribution is -2.48. The Labute approximate surface area is 187 Å². The minimum Gasteiger partial charge on any atom is -0.364 e. The lowest BCUT2D eigenvalue weighted by molar-refractivity contribution is 0.225. The van der Waals surface area contributed by atoms with E-state index in [0.29, 0.717) is 12.6 Å². The zero-order valence-corrected chi connectivity index (χ0v) is 19.3. The maximum atomic E-state index is 4.80. The van der Waals surface area contributed by atoms with Gasteiger partial charge in [-0.3, -0.25) is 4.90 Å². The summed E-state index contributed by atoms with van der Waals surface area (Å²) in [6, 6.07) is 9.28. The number of anilines is 1. The summed E-state index contributed by atoms with van der Waals surface area (Å²) in [7, 11) is 0. The summed E-state index contributed by atoms with van der Waals surface area (Å²) in [5.74, 6) is 0.924. The highest BCUT2D eigenvalue weighted by molar-refractivity contribution is 14.0. The number of benzene rings is 1. The molecule has 5 nitrogen and oxygen atoms in total. The van der Waals surface area contributed by atoms with Crippen LogP contribution in [0, 0.1) is 0 Å². The van der Waals surface area contributed by atoms with Crippen molar-refractivity contribution in [3.8, 4) is 0 Å². The summed E-state index contributed by atoms with van der Waals surface area (Å²) in [4.78, 5) is 9.61. The Hall–Kier alpha value is -1.54. The predicted octanol–water partition coefficient (Wildman–Crippen LogP) is 3.39. The molecule has 154 valence electrons. The molecule has 2 aliphatic rings. The van der Waals surface area contributed by atoms with Crippen molar-refractivity contribution < 1.29 is 0 Å². The van der Waals surface area contributed by atoms with E-state index < -0.39 is 0 Å². The minimum absolute atomic E-state index is 0. The van der Waals surface area contributed by atoms with E-state index in [9.17, 15) is 0 Å². The van der Waals surface area contributed by atoms with Crippen molar-refractivity contribution in [3.63, 3.8) is 0 Å². The number of hydrogen-bond acceptors (Lipinski definition) is 3. The molecule has 1 fully saturated rings. The normalized spacial score (nSPS) is 18.0. The van der Waals surface area contributed by atoms with Crippen LogP contribution in [0.25, 0.3) is 0 Å². The molecule has 2 heterocycles. The number of likely N-dealkylation sites (tertiary alicyclic amines) is 1. The van der Waals surface area contributed by atoms with E-state index in [1.54, 1.807) is 0 Å². The van der Waals surface area contributed by atoms with Crippen LogP contribution < -0.4 is 15.5 Å². The van der Waals surface area contributed by atoms with Gasteiger partial charge in [0.15, 0.2) is 5.96 Å². The standard InChI is InChI=1S/C22H33N5.HI/c1-3-13-26-16-11-20(12-17-26)25-22(23-4-2)24-18-19-7-9-21(10-8-19)27-14-5-6-15-27;/h3,5-10,20H,1,4,11-18H2,2H3,(H2,23,24,25);1H. The lowest BCUT2D eigenvalue weighted by Gasteiger charge is -2.32. The van der Waals surface area contributed by atoms with Gasteiger partial charge in [0.2, 0.25) is 0 Å². The molecule has 2 aliphatic heterocycles. The van der Waals surface area contributed by atoms with Crippen molar-refractivity contribution in [2.45, 2.75) is 32.4 Å². The summed E-state index contributed by atoms with van der Waals surface area (Å²) in [6.07, 6.45) is 8.72. The van der Waals surface area contributed by atoms with Crippen LogP contribution in [0.2, 0.25) is 0 Å². The second-order valence-corrected chi connectivity index (χ2v) is 7.25. The van der Waals surface area contributed by atoms with Crippen molar-refractivity contribution in [1.29, 1.82) is 0 Å². The van der Waals surface area contributed by atoms with E-state index in [1.807, 2.05) is 6.08 Å². The number of hydrogen-bond donors (Lipinski definition) is 2. The quantitative estimate of drug-likeness (QED) is 0.264. The van der Waals surface area contributed by atoms with E-state index in [-0.39, 0.29) is 24.0 Å². The first-order valence-corrected chi connectivity index (χ1v) is 10.2. The van der Waals surface area contributed by atoms with Crippen molar-refractivity contribution >= 4 is 35.6 Å². The second-order valence-electron chi connectivity index (χ2n) is 7.25. The van der Waals surface area contributed by atoms with Gasteiger partial charge in [-0.2, -0.15) is 0 Å². The number of aliphatic imine (C=N–C) groups is 1. The number of nitrogens with zero attached hydrogens (tertiary/aromatic N) is 3. The Bertz CT molecular complexity index is 639. The smallest absolute Gasteiger partial charge is 0.191 e. The Balaban J connectivity index is 0.00000280. The van der Waals surface area contributed by atoms with Gasteiger partial charge in [-0.05, 0) is 37.5 Å². The van der Waals surface area contributed by atoms with E-state index in [4.69, 9.17) is 4.99 Å². The van der Waals surface area contributed by atoms with Crippen LogP contribution in [0.15, 0.2) is 54.1 Å². The third-order valence-electron chi connectivity index (χ3n) is 5.20. The fourth-order valence-corrected chi connectivity index (χ4v) is 3.63. The molecule has 0 aromatic heterocycles. The maximum absolute atomic E-state index is 4.80. The summed E-state index contributed by atoms with van der Waals surface area (Å²) in [5.41, 5.74) is 2.52. The molecule has 0 aliphatic carbocycles. The number of rotatable bonds is 7. The number of halogens is 1. The van der Waals surface area contributed by atoms with Gasteiger partial charge in [-0.25, -0.2) is 4.99 Å². The highest BCUT2D eigenvalue weighted by Crippen LogP contribution is 2.18. The van der Waals surface area contributed by atoms with Crippen LogP contribution in [0.3, 0.4) is 0 Å². The zero-order valence-electron chi connectivity index (χ0n) is 16.9. The fourth-order valence-electron chi connectivity index (χ4n) is 3.63. The van der Waals surface area contributed by atoms with Crippen molar-refractivity contribution in [1.82, 2.24) is 15.5 Å². The van der Waals surface area contributed by atoms with Gasteiger partial charge in [-0.1, -0.05) is 30.4 Å². The second kappa shape index (κ2) is 12.1. The largest absolute Gasteiger partial charge is 0.364 e. The van der Waals surface area contributed by atoms with Gasteiger partial charge >= 0.3 is 0 Å². The monoisotopic (exact) mass is 495 g/mol. The first-order chi connectivity index (χ1) is 13.3. The topological polar surface area (TPSA) is 42.9 Å². The molecule has 0 amide bonds. The van der Waals surface area contributed by atoms with Gasteiger partial charge in [0.25, 0.3) is 0 Å². The molecule has 0 spiro atoms. The molecule has 1 aromatic carbocycles. The Morgan fingerprint density at radius 2 is 1.86 bits per heavy atom. The predicted molar refractivity (Wildman–Crippen MR) is 131 cm³/mol. The van der Waals surface area contributed by atoms with Gasteiger partial charge in [0, 0.05) is 51.0 Å². The van der Waals surface area contributed by atoms with Gasteiger partial charge in [-0.15, -0.1) is 30.6 Å². The third-order valence-corrected chi connectivity index (χ3v) is 5.20. The summed E-state index contributed by atoms with van der Waals surface area (Å²) in [5, 5.41) is 7.00. The highest BCUT2D eigenvalue weighted by atomic mass is 127. The molecular weight excluding hydrogens is 461 g/mol. The van der Waals surface area contributed by atoms with Gasteiger partial charge in [0.05, 0.1) is 6.54 Å². The van der Waals surface area contributed by atoms with Crippen LogP contribution in [0.1, 0.15) is 25.3 Å². The van der Waals surface area contributed by atoms with Gasteiger partial charge in [0.1, 0.15) is 0 Å². The lowest BCUT2D eigenvalue weighted by atomic mass is 10.1. The van der Waals surface area contributed by atoms with Crippen molar-refractivity contribution in [2.24, 2.45) is 4.99 Å². The van der Waals surface area contributed by atoms with E-state index in [1.165, 1.54) is 11.3 Å². The van der Waals surface area contributed by atoms with Crippen LogP contribution >= 0.6 is 24.0 Å². The molecule has 6 heteroatoms. The highest BCUT2D eigenvalue weighted by Gasteiger charge is 2.19. The SMILES string of the molecule is C=CCN1CCC(NC(=NCc2ccc(N3CC=CC3)cc2)NCC)CC1.I. The van der Waals surface area contributed by atoms with Crippen LogP contribution in [-0.2, 0) is 6.54 Å². The van der Waals surface area contributed by atoms with E-state index >= 15 is 0 Å². The molecule has 2 N–H and O–H groups in total. The van der Waals surface area contributed by atoms with Crippen LogP contribution in [0.5, 0.6) is 0 Å². The molecule has 0 atom stereocenters. The first kappa shape index (κ1) is 22.7. The van der Waals surface area contributed by atoms with E-state index in [2.05, 4.69) is 70.4 Å². The zero-order chi connectivity index (χ0) is 18.9. The van der Waals surface area contributed by atoms with Gasteiger partial charge < -0.3 is 15.5 Å². The molecular formula is C22H34IN5. The molecule has 0 saturated carbocycles. The number of nitrogens with one attached hydrogen (secondary N) is 2. The molecule has 1 saturated heterocycles. The molecule has 1 aromatic rings. The minimum atomic E-state index is 0. The average Bonchev–Trinajstić information content (AvgIpc) is 3.23. The van der Waals surface area contributed by atoms with Crippen molar-refractivity contribution in [3.05, 3.63) is 54.6 Å². The summed E-state index contributed by atoms with van der Waals surface area (Å²) < 4.78 is 0. The van der Waals surface area contributed by atoms with Crippen LogP contribution in [-0.4, -0.2) is 56.2 Å². The first-order valence-electron chi connectivity index (χ1n) is 10.2. The summed E-state index contributed by atoms with van der Waals surface area (Å²) >= 11 is 0. The van der Waals surface area contributed by atoms with Crippen LogP contribution in [0.4, 0.5) is 5.69 Å². The molecule has 0 bridgehead atoms. The molecule has 0 radical (unpaired) electrons.